The van der Waals surface area contributed by atoms with Gasteiger partial charge < -0.3 is 10.1 Å². The monoisotopic (exact) mass is 160 g/mol. The fourth-order valence-corrected chi connectivity index (χ4v) is 1.11. The zero-order chi connectivity index (χ0) is 8.55. The van der Waals surface area contributed by atoms with E-state index >= 15 is 0 Å². The molecule has 1 aromatic carbocycles. The molecule has 1 heterocycles. The smallest absolute Gasteiger partial charge is 0.352 e. The molecule has 0 saturated heterocycles. The number of H-pyrrole nitrogens is 1. The summed E-state index contributed by atoms with van der Waals surface area (Å²) in [4.78, 5) is 13.2. The molecular weight excluding hydrogens is 154 g/mol. The second kappa shape index (κ2) is 2.37. The lowest BCUT2D eigenvalue weighted by atomic mass is 10.2. The molecule has 0 saturated carbocycles. The Kier molecular flexibility index (Phi) is 1.37. The molecule has 12 heavy (non-hydrogen) atoms. The minimum atomic E-state index is -0.980. The maximum atomic E-state index is 10.5. The minimum absolute atomic E-state index is 0.108. The molecule has 0 unspecified atom stereocenters. The third-order valence-electron chi connectivity index (χ3n) is 1.66. The number of hydrogen-bond acceptors (Lipinski definition) is 1. The van der Waals surface area contributed by atoms with Crippen LogP contribution in [0.15, 0.2) is 24.3 Å². The number of carboxylic acids is 1. The molecule has 2 aromatic rings. The van der Waals surface area contributed by atoms with Gasteiger partial charge in [0.2, 0.25) is 0 Å². The summed E-state index contributed by atoms with van der Waals surface area (Å²) in [5.74, 6) is -0.980. The maximum absolute atomic E-state index is 10.5. The van der Waals surface area contributed by atoms with E-state index in [2.05, 4.69) is 11.1 Å². The third-order valence-corrected chi connectivity index (χ3v) is 1.66. The minimum Gasteiger partial charge on any atom is -0.477 e. The van der Waals surface area contributed by atoms with Gasteiger partial charge in [0.05, 0.1) is 0 Å². The molecule has 59 valence electrons. The number of benzene rings is 1. The summed E-state index contributed by atoms with van der Waals surface area (Å²) < 4.78 is 0. The molecule has 2 N–H and O–H groups in total. The Morgan fingerprint density at radius 2 is 2.17 bits per heavy atom. The highest BCUT2D eigenvalue weighted by Gasteiger charge is 2.06. The number of carboxylic acid groups (broad SMARTS) is 1. The quantitative estimate of drug-likeness (QED) is 0.666. The molecule has 2 rings (SSSR count). The van der Waals surface area contributed by atoms with Crippen molar-refractivity contribution in [1.29, 1.82) is 0 Å². The van der Waals surface area contributed by atoms with Crippen molar-refractivity contribution in [2.75, 3.05) is 0 Å². The van der Waals surface area contributed by atoms with Crippen LogP contribution in [0.3, 0.4) is 0 Å². The molecule has 0 bridgehead atoms. The SMILES string of the molecule is O=C(O)c1[c]c2ccccc2[nH]1. The number of aromatic nitrogens is 1. The second-order valence-corrected chi connectivity index (χ2v) is 2.48. The van der Waals surface area contributed by atoms with Gasteiger partial charge in [-0.2, -0.15) is 0 Å². The lowest BCUT2D eigenvalue weighted by Gasteiger charge is -1.84. The first kappa shape index (κ1) is 6.91. The molecule has 0 fully saturated rings. The Labute approximate surface area is 68.6 Å². The Morgan fingerprint density at radius 1 is 1.42 bits per heavy atom. The first-order valence-electron chi connectivity index (χ1n) is 3.51. The highest BCUT2D eigenvalue weighted by molar-refractivity contribution is 5.92. The van der Waals surface area contributed by atoms with E-state index < -0.39 is 5.97 Å². The van der Waals surface area contributed by atoms with E-state index in [1.165, 1.54) is 0 Å². The second-order valence-electron chi connectivity index (χ2n) is 2.48. The Hall–Kier alpha value is -1.77. The number of carbonyl (C=O) groups is 1. The van der Waals surface area contributed by atoms with E-state index in [1.54, 1.807) is 0 Å². The van der Waals surface area contributed by atoms with Crippen molar-refractivity contribution in [2.24, 2.45) is 0 Å². The number of aromatic carboxylic acids is 1. The number of fused-ring (bicyclic) bond motifs is 1. The predicted molar refractivity (Wildman–Crippen MR) is 44.1 cm³/mol. The number of aromatic amines is 1. The Morgan fingerprint density at radius 3 is 2.83 bits per heavy atom. The van der Waals surface area contributed by atoms with Gasteiger partial charge in [-0.1, -0.05) is 18.2 Å². The summed E-state index contributed by atoms with van der Waals surface area (Å²) in [6, 6.07) is 10.1. The van der Waals surface area contributed by atoms with Gasteiger partial charge >= 0.3 is 5.97 Å². The van der Waals surface area contributed by atoms with Crippen LogP contribution in [0.4, 0.5) is 0 Å². The Bertz CT molecular complexity index is 398. The average Bonchev–Trinajstić information content (AvgIpc) is 2.46. The number of nitrogens with one attached hydrogen (secondary N) is 1. The molecule has 3 heteroatoms. The summed E-state index contributed by atoms with van der Waals surface area (Å²) in [5, 5.41) is 9.42. The van der Waals surface area contributed by atoms with Crippen LogP contribution in [0.5, 0.6) is 0 Å². The van der Waals surface area contributed by atoms with Gasteiger partial charge in [-0.05, 0) is 6.07 Å². The topological polar surface area (TPSA) is 53.1 Å². The van der Waals surface area contributed by atoms with Crippen molar-refractivity contribution in [3.8, 4) is 0 Å². The fourth-order valence-electron chi connectivity index (χ4n) is 1.11. The van der Waals surface area contributed by atoms with Crippen molar-refractivity contribution in [3.63, 3.8) is 0 Å². The normalized spacial score (nSPS) is 10.3. The van der Waals surface area contributed by atoms with Crippen LogP contribution in [-0.4, -0.2) is 16.1 Å². The van der Waals surface area contributed by atoms with Crippen LogP contribution < -0.4 is 0 Å². The predicted octanol–water partition coefficient (Wildman–Crippen LogP) is 1.67. The molecule has 0 aliphatic heterocycles. The van der Waals surface area contributed by atoms with Crippen LogP contribution in [0, 0.1) is 6.07 Å². The van der Waals surface area contributed by atoms with E-state index in [1.807, 2.05) is 24.3 Å². The van der Waals surface area contributed by atoms with Crippen LogP contribution in [0.2, 0.25) is 0 Å². The molecule has 0 atom stereocenters. The van der Waals surface area contributed by atoms with E-state index in [4.69, 9.17) is 5.11 Å². The number of hydrogen-bond donors (Lipinski definition) is 2. The highest BCUT2D eigenvalue weighted by Crippen LogP contribution is 2.13. The zero-order valence-electron chi connectivity index (χ0n) is 6.16. The van der Waals surface area contributed by atoms with E-state index in [-0.39, 0.29) is 5.69 Å². The standard InChI is InChI=1S/C9H6NO2/c11-9(12)8-5-6-3-1-2-4-7(6)10-8/h1-4,10H,(H,11,12). The summed E-state index contributed by atoms with van der Waals surface area (Å²) in [5.41, 5.74) is 0.908. The molecule has 0 amide bonds. The van der Waals surface area contributed by atoms with E-state index in [0.29, 0.717) is 0 Å². The van der Waals surface area contributed by atoms with Gasteiger partial charge in [-0.3, -0.25) is 0 Å². The lowest BCUT2D eigenvalue weighted by Crippen LogP contribution is -1.94. The first-order valence-corrected chi connectivity index (χ1v) is 3.51. The van der Waals surface area contributed by atoms with Crippen molar-refractivity contribution < 1.29 is 9.90 Å². The van der Waals surface area contributed by atoms with Crippen LogP contribution in [-0.2, 0) is 0 Å². The van der Waals surface area contributed by atoms with Gasteiger partial charge in [0.1, 0.15) is 5.69 Å². The molecule has 3 nitrogen and oxygen atoms in total. The molecule has 0 aliphatic carbocycles. The van der Waals surface area contributed by atoms with E-state index in [9.17, 15) is 4.79 Å². The van der Waals surface area contributed by atoms with Crippen LogP contribution in [0.25, 0.3) is 10.9 Å². The fraction of sp³-hybridized carbons (Fsp3) is 0. The van der Waals surface area contributed by atoms with Crippen molar-refractivity contribution in [1.82, 2.24) is 4.98 Å². The van der Waals surface area contributed by atoms with Gasteiger partial charge in [-0.15, -0.1) is 0 Å². The molecule has 0 spiro atoms. The summed E-state index contributed by atoms with van der Waals surface area (Å²) in [6.45, 7) is 0. The molecule has 1 aromatic heterocycles. The van der Waals surface area contributed by atoms with Crippen molar-refractivity contribution in [3.05, 3.63) is 36.0 Å². The van der Waals surface area contributed by atoms with Crippen LogP contribution in [0.1, 0.15) is 10.5 Å². The Balaban J connectivity index is 2.70. The average molecular weight is 160 g/mol. The molecule has 1 radical (unpaired) electrons. The van der Waals surface area contributed by atoms with Crippen LogP contribution >= 0.6 is 0 Å². The molecule has 0 aliphatic rings. The first-order chi connectivity index (χ1) is 5.77. The van der Waals surface area contributed by atoms with Gasteiger partial charge in [-0.25, -0.2) is 4.79 Å². The lowest BCUT2D eigenvalue weighted by molar-refractivity contribution is 0.0691. The number of rotatable bonds is 1. The molecular formula is C9H6NO2. The summed E-state index contributed by atoms with van der Waals surface area (Å²) in [7, 11) is 0. The van der Waals surface area contributed by atoms with Gasteiger partial charge in [0.15, 0.2) is 0 Å². The maximum Gasteiger partial charge on any atom is 0.352 e. The van der Waals surface area contributed by atoms with Gasteiger partial charge in [0, 0.05) is 17.0 Å². The largest absolute Gasteiger partial charge is 0.477 e. The van der Waals surface area contributed by atoms with Crippen molar-refractivity contribution >= 4 is 16.9 Å². The zero-order valence-corrected chi connectivity index (χ0v) is 6.16. The number of para-hydroxylation sites is 1. The van der Waals surface area contributed by atoms with E-state index in [0.717, 1.165) is 10.9 Å². The highest BCUT2D eigenvalue weighted by atomic mass is 16.4. The summed E-state index contributed by atoms with van der Waals surface area (Å²) in [6.07, 6.45) is 0. The van der Waals surface area contributed by atoms with Crippen molar-refractivity contribution in [2.45, 2.75) is 0 Å². The third kappa shape index (κ3) is 0.955. The summed E-state index contributed by atoms with van der Waals surface area (Å²) >= 11 is 0. The van der Waals surface area contributed by atoms with Gasteiger partial charge in [0.25, 0.3) is 0 Å².